The van der Waals surface area contributed by atoms with Gasteiger partial charge in [0.05, 0.1) is 4.75 Å². The molecule has 1 nitrogen and oxygen atoms in total. The third kappa shape index (κ3) is 2.46. The Balaban J connectivity index is 2.04. The van der Waals surface area contributed by atoms with E-state index in [2.05, 4.69) is 0 Å². The lowest BCUT2D eigenvalue weighted by molar-refractivity contribution is -0.120. The van der Waals surface area contributed by atoms with E-state index in [-0.39, 0.29) is 16.3 Å². The van der Waals surface area contributed by atoms with Crippen molar-refractivity contribution < 1.29 is 9.18 Å². The minimum atomic E-state index is -0.252. The fraction of sp³-hybridized carbons (Fsp3) is 0.462. The molecular formula is C13H15FOS. The Morgan fingerprint density at radius 1 is 1.44 bits per heavy atom. The van der Waals surface area contributed by atoms with E-state index in [0.29, 0.717) is 6.42 Å². The van der Waals surface area contributed by atoms with Crippen LogP contribution in [0.2, 0.25) is 0 Å². The fourth-order valence-corrected chi connectivity index (χ4v) is 3.23. The number of rotatable bonds is 3. The molecule has 0 aromatic heterocycles. The van der Waals surface area contributed by atoms with Crippen molar-refractivity contribution in [3.63, 3.8) is 0 Å². The Labute approximate surface area is 99.4 Å². The molecule has 0 bridgehead atoms. The summed E-state index contributed by atoms with van der Waals surface area (Å²) in [6, 6.07) is 6.20. The van der Waals surface area contributed by atoms with Gasteiger partial charge in [0.25, 0.3) is 0 Å². The van der Waals surface area contributed by atoms with Crippen LogP contribution in [0.25, 0.3) is 0 Å². The molecule has 16 heavy (non-hydrogen) atoms. The summed E-state index contributed by atoms with van der Waals surface area (Å²) in [7, 11) is 0. The van der Waals surface area contributed by atoms with Gasteiger partial charge in [0.15, 0.2) is 5.78 Å². The highest BCUT2D eigenvalue weighted by atomic mass is 32.2. The molecule has 0 amide bonds. The molecule has 1 atom stereocenters. The highest BCUT2D eigenvalue weighted by Gasteiger charge is 2.36. The van der Waals surface area contributed by atoms with E-state index in [1.807, 2.05) is 6.92 Å². The van der Waals surface area contributed by atoms with E-state index in [4.69, 9.17) is 0 Å². The average molecular weight is 238 g/mol. The molecule has 0 radical (unpaired) electrons. The highest BCUT2D eigenvalue weighted by Crippen LogP contribution is 2.39. The molecule has 86 valence electrons. The smallest absolute Gasteiger partial charge is 0.152 e. The lowest BCUT2D eigenvalue weighted by atomic mass is 9.95. The predicted molar refractivity (Wildman–Crippen MR) is 65.2 cm³/mol. The van der Waals surface area contributed by atoms with Gasteiger partial charge in [-0.2, -0.15) is 0 Å². The van der Waals surface area contributed by atoms with E-state index in [1.54, 1.807) is 23.9 Å². The lowest BCUT2D eigenvalue weighted by Gasteiger charge is -2.20. The molecule has 1 aromatic rings. The molecule has 1 aliphatic heterocycles. The van der Waals surface area contributed by atoms with Gasteiger partial charge in [-0.1, -0.05) is 12.1 Å². The van der Waals surface area contributed by atoms with Crippen LogP contribution in [0, 0.1) is 5.82 Å². The number of hydrogen-bond donors (Lipinski definition) is 0. The molecule has 2 rings (SSSR count). The van der Waals surface area contributed by atoms with E-state index in [9.17, 15) is 9.18 Å². The van der Waals surface area contributed by atoms with Gasteiger partial charge in [0, 0.05) is 6.42 Å². The maximum absolute atomic E-state index is 12.7. The molecule has 1 heterocycles. The van der Waals surface area contributed by atoms with Gasteiger partial charge < -0.3 is 0 Å². The zero-order chi connectivity index (χ0) is 11.6. The van der Waals surface area contributed by atoms with Crippen molar-refractivity contribution in [1.29, 1.82) is 0 Å². The second-order valence-electron chi connectivity index (χ2n) is 4.41. The standard InChI is InChI=1S/C13H15FOS/c1-13(7-2-8-16-13)12(15)9-10-3-5-11(14)6-4-10/h3-6H,2,7-9H2,1H3. The average Bonchev–Trinajstić information content (AvgIpc) is 2.70. The normalized spacial score (nSPS) is 24.6. The first kappa shape index (κ1) is 11.6. The van der Waals surface area contributed by atoms with Crippen molar-refractivity contribution in [1.82, 2.24) is 0 Å². The van der Waals surface area contributed by atoms with Crippen LogP contribution in [0.4, 0.5) is 4.39 Å². The number of carbonyl (C=O) groups excluding carboxylic acids is 1. The Morgan fingerprint density at radius 2 is 2.12 bits per heavy atom. The SMILES string of the molecule is CC1(C(=O)Cc2ccc(F)cc2)CCCS1. The first-order valence-corrected chi connectivity index (χ1v) is 6.50. The quantitative estimate of drug-likeness (QED) is 0.804. The molecular weight excluding hydrogens is 223 g/mol. The van der Waals surface area contributed by atoms with Crippen molar-refractivity contribution in [3.8, 4) is 0 Å². The number of hydrogen-bond acceptors (Lipinski definition) is 2. The largest absolute Gasteiger partial charge is 0.298 e. The molecule has 0 spiro atoms. The maximum Gasteiger partial charge on any atom is 0.152 e. The Morgan fingerprint density at radius 3 is 2.69 bits per heavy atom. The van der Waals surface area contributed by atoms with Gasteiger partial charge >= 0.3 is 0 Å². The van der Waals surface area contributed by atoms with Gasteiger partial charge in [-0.3, -0.25) is 4.79 Å². The summed E-state index contributed by atoms with van der Waals surface area (Å²) in [6.07, 6.45) is 2.51. The van der Waals surface area contributed by atoms with E-state index in [1.165, 1.54) is 12.1 Å². The van der Waals surface area contributed by atoms with Gasteiger partial charge in [0.2, 0.25) is 0 Å². The minimum absolute atomic E-state index is 0.214. The maximum atomic E-state index is 12.7. The topological polar surface area (TPSA) is 17.1 Å². The van der Waals surface area contributed by atoms with Crippen molar-refractivity contribution in [2.24, 2.45) is 0 Å². The summed E-state index contributed by atoms with van der Waals surface area (Å²) >= 11 is 1.75. The molecule has 0 aliphatic carbocycles. The Hall–Kier alpha value is -0.830. The lowest BCUT2D eigenvalue weighted by Crippen LogP contribution is -2.30. The van der Waals surface area contributed by atoms with E-state index < -0.39 is 0 Å². The fourth-order valence-electron chi connectivity index (χ4n) is 1.97. The molecule has 1 fully saturated rings. The second kappa shape index (κ2) is 4.58. The molecule has 0 N–H and O–H groups in total. The van der Waals surface area contributed by atoms with Crippen molar-refractivity contribution >= 4 is 17.5 Å². The number of thioether (sulfide) groups is 1. The van der Waals surface area contributed by atoms with Crippen LogP contribution >= 0.6 is 11.8 Å². The van der Waals surface area contributed by atoms with Crippen LogP contribution in [0.5, 0.6) is 0 Å². The van der Waals surface area contributed by atoms with Crippen molar-refractivity contribution in [2.45, 2.75) is 30.9 Å². The molecule has 1 saturated heterocycles. The highest BCUT2D eigenvalue weighted by molar-refractivity contribution is 8.01. The molecule has 3 heteroatoms. The Kier molecular flexibility index (Phi) is 3.33. The summed E-state index contributed by atoms with van der Waals surface area (Å²) < 4.78 is 12.5. The van der Waals surface area contributed by atoms with E-state index in [0.717, 1.165) is 24.2 Å². The monoisotopic (exact) mass is 238 g/mol. The summed E-state index contributed by atoms with van der Waals surface area (Å²) in [4.78, 5) is 12.1. The van der Waals surface area contributed by atoms with Crippen LogP contribution in [-0.2, 0) is 11.2 Å². The zero-order valence-corrected chi connectivity index (χ0v) is 10.1. The van der Waals surface area contributed by atoms with Gasteiger partial charge in [-0.05, 0) is 43.2 Å². The van der Waals surface area contributed by atoms with Gasteiger partial charge in [0.1, 0.15) is 5.82 Å². The summed E-state index contributed by atoms with van der Waals surface area (Å²) in [5, 5.41) is 0. The molecule has 1 aromatic carbocycles. The minimum Gasteiger partial charge on any atom is -0.298 e. The third-order valence-electron chi connectivity index (χ3n) is 3.09. The molecule has 1 aliphatic rings. The van der Waals surface area contributed by atoms with Crippen molar-refractivity contribution in [2.75, 3.05) is 5.75 Å². The number of halogens is 1. The number of carbonyl (C=O) groups is 1. The van der Waals surface area contributed by atoms with Crippen LogP contribution in [-0.4, -0.2) is 16.3 Å². The summed E-state index contributed by atoms with van der Waals surface area (Å²) in [5.74, 6) is 1.09. The number of Topliss-reactive ketones (excluding diaryl/α,β-unsaturated/α-hetero) is 1. The van der Waals surface area contributed by atoms with Gasteiger partial charge in [-0.25, -0.2) is 4.39 Å². The first-order chi connectivity index (χ1) is 7.60. The Bertz CT molecular complexity index is 379. The zero-order valence-electron chi connectivity index (χ0n) is 9.33. The predicted octanol–water partition coefficient (Wildman–Crippen LogP) is 3.22. The first-order valence-electron chi connectivity index (χ1n) is 5.52. The summed E-state index contributed by atoms with van der Waals surface area (Å²) in [5.41, 5.74) is 0.903. The van der Waals surface area contributed by atoms with Crippen LogP contribution in [0.3, 0.4) is 0 Å². The van der Waals surface area contributed by atoms with Crippen LogP contribution < -0.4 is 0 Å². The molecule has 1 unspecified atom stereocenters. The number of ketones is 1. The third-order valence-corrected chi connectivity index (χ3v) is 4.65. The van der Waals surface area contributed by atoms with E-state index >= 15 is 0 Å². The van der Waals surface area contributed by atoms with Crippen LogP contribution in [0.15, 0.2) is 24.3 Å². The second-order valence-corrected chi connectivity index (χ2v) is 6.01. The van der Waals surface area contributed by atoms with Crippen molar-refractivity contribution in [3.05, 3.63) is 35.6 Å². The molecule has 0 saturated carbocycles. The summed E-state index contributed by atoms with van der Waals surface area (Å²) in [6.45, 7) is 2.02. The van der Waals surface area contributed by atoms with Gasteiger partial charge in [-0.15, -0.1) is 11.8 Å². The number of benzene rings is 1. The van der Waals surface area contributed by atoms with Crippen LogP contribution in [0.1, 0.15) is 25.3 Å².